The lowest BCUT2D eigenvalue weighted by molar-refractivity contribution is -0.137. The zero-order valence-corrected chi connectivity index (χ0v) is 20.3. The number of hydrogen-bond acceptors (Lipinski definition) is 8. The molecule has 6 rings (SSSR count). The molecule has 0 bridgehead atoms. The van der Waals surface area contributed by atoms with Crippen LogP contribution in [0.15, 0.2) is 48.8 Å². The molecule has 0 saturated carbocycles. The van der Waals surface area contributed by atoms with Gasteiger partial charge in [0.1, 0.15) is 18.2 Å². The second-order valence-electron chi connectivity index (χ2n) is 9.25. The van der Waals surface area contributed by atoms with E-state index in [0.29, 0.717) is 37.7 Å². The molecule has 190 valence electrons. The topological polar surface area (TPSA) is 123 Å². The maximum Gasteiger partial charge on any atom is 0.305 e. The molecule has 1 atom stereocenters. The van der Waals surface area contributed by atoms with E-state index >= 15 is 0 Å². The fourth-order valence-electron chi connectivity index (χ4n) is 4.88. The maximum atomic E-state index is 11.7. The zero-order chi connectivity index (χ0) is 25.2. The molecule has 0 fully saturated rings. The maximum absolute atomic E-state index is 11.7. The molecule has 3 N–H and O–H groups in total. The minimum Gasteiger partial charge on any atom is -0.493 e. The lowest BCUT2D eigenvalue weighted by atomic mass is 10.0. The van der Waals surface area contributed by atoms with Gasteiger partial charge in [-0.25, -0.2) is 9.97 Å². The van der Waals surface area contributed by atoms with Gasteiger partial charge in [-0.15, -0.1) is 0 Å². The van der Waals surface area contributed by atoms with Gasteiger partial charge in [-0.2, -0.15) is 5.10 Å². The van der Waals surface area contributed by atoms with Crippen molar-refractivity contribution in [1.29, 1.82) is 0 Å². The molecule has 0 aliphatic carbocycles. The molecule has 0 saturated heterocycles. The van der Waals surface area contributed by atoms with Crippen LogP contribution >= 0.6 is 0 Å². The summed E-state index contributed by atoms with van der Waals surface area (Å²) in [6.07, 6.45) is 6.20. The fraction of sp³-hybridized carbons (Fsp3) is 0.333. The number of ether oxygens (including phenoxy) is 2. The number of rotatable bonds is 8. The van der Waals surface area contributed by atoms with Crippen molar-refractivity contribution < 1.29 is 19.4 Å². The van der Waals surface area contributed by atoms with Crippen LogP contribution in [0.25, 0.3) is 10.9 Å². The molecule has 37 heavy (non-hydrogen) atoms. The third-order valence-electron chi connectivity index (χ3n) is 6.72. The van der Waals surface area contributed by atoms with Gasteiger partial charge in [0, 0.05) is 30.2 Å². The molecule has 2 aliphatic rings. The highest BCUT2D eigenvalue weighted by atomic mass is 16.5. The van der Waals surface area contributed by atoms with Crippen LogP contribution in [-0.4, -0.2) is 57.1 Å². The number of benzene rings is 1. The summed E-state index contributed by atoms with van der Waals surface area (Å²) in [7, 11) is 0. The number of nitrogens with zero attached hydrogens (tertiary/aromatic N) is 4. The van der Waals surface area contributed by atoms with Crippen LogP contribution in [0.2, 0.25) is 0 Å². The molecule has 10 nitrogen and oxygen atoms in total. The second kappa shape index (κ2) is 9.96. The summed E-state index contributed by atoms with van der Waals surface area (Å²) in [5.41, 5.74) is 3.81. The minimum atomic E-state index is -0.920. The van der Waals surface area contributed by atoms with Crippen molar-refractivity contribution in [3.8, 4) is 11.5 Å². The molecule has 1 unspecified atom stereocenters. The van der Waals surface area contributed by atoms with Gasteiger partial charge < -0.3 is 25.2 Å². The van der Waals surface area contributed by atoms with Gasteiger partial charge in [-0.1, -0.05) is 6.07 Å². The highest BCUT2D eigenvalue weighted by Gasteiger charge is 2.23. The van der Waals surface area contributed by atoms with Gasteiger partial charge in [0.2, 0.25) is 0 Å². The van der Waals surface area contributed by atoms with Gasteiger partial charge in [0.05, 0.1) is 37.3 Å². The standard InChI is InChI=1S/C27H28N6O4/c34-25(35)14-23(19-13-24-27(30-15-19)29-9-11-37-24)33-22-6-5-21(12-18(22)16-31-33)36-10-7-20-4-3-17-2-1-8-28-26(17)32-20/h3-6,12-13,15-16,23H,1-2,7-11,14H2,(H,28,32)(H,29,30)(H,34,35). The summed E-state index contributed by atoms with van der Waals surface area (Å²) < 4.78 is 13.5. The highest BCUT2D eigenvalue weighted by Crippen LogP contribution is 2.33. The Morgan fingerprint density at radius 1 is 1.14 bits per heavy atom. The summed E-state index contributed by atoms with van der Waals surface area (Å²) in [6.45, 7) is 2.69. The molecule has 3 aromatic heterocycles. The van der Waals surface area contributed by atoms with Gasteiger partial charge in [0.25, 0.3) is 0 Å². The smallest absolute Gasteiger partial charge is 0.305 e. The molecule has 0 amide bonds. The molecule has 2 aliphatic heterocycles. The number of nitrogens with one attached hydrogen (secondary N) is 2. The Balaban J connectivity index is 1.19. The number of hydrogen-bond donors (Lipinski definition) is 3. The number of carboxylic acids is 1. The Hall–Kier alpha value is -4.34. The predicted octanol–water partition coefficient (Wildman–Crippen LogP) is 3.67. The number of aliphatic carboxylic acids is 1. The number of anilines is 2. The van der Waals surface area contributed by atoms with E-state index in [1.165, 1.54) is 5.56 Å². The van der Waals surface area contributed by atoms with Crippen molar-refractivity contribution in [2.24, 2.45) is 0 Å². The van der Waals surface area contributed by atoms with Crippen LogP contribution in [0.5, 0.6) is 11.5 Å². The lowest BCUT2D eigenvalue weighted by Crippen LogP contribution is -2.21. The van der Waals surface area contributed by atoms with Crippen LogP contribution < -0.4 is 20.1 Å². The van der Waals surface area contributed by atoms with E-state index in [1.807, 2.05) is 24.3 Å². The number of fused-ring (bicyclic) bond motifs is 3. The second-order valence-corrected chi connectivity index (χ2v) is 9.25. The first-order valence-corrected chi connectivity index (χ1v) is 12.6. The van der Waals surface area contributed by atoms with Crippen LogP contribution in [0.3, 0.4) is 0 Å². The first-order valence-electron chi connectivity index (χ1n) is 12.6. The summed E-state index contributed by atoms with van der Waals surface area (Å²) in [5.74, 6) is 2.09. The van der Waals surface area contributed by atoms with Gasteiger partial charge in [0.15, 0.2) is 11.6 Å². The average molecular weight is 501 g/mol. The van der Waals surface area contributed by atoms with E-state index in [0.717, 1.165) is 53.1 Å². The third-order valence-corrected chi connectivity index (χ3v) is 6.72. The molecule has 4 aromatic rings. The zero-order valence-electron chi connectivity index (χ0n) is 20.3. The first-order chi connectivity index (χ1) is 18.1. The molecule has 0 spiro atoms. The molecule has 10 heteroatoms. The minimum absolute atomic E-state index is 0.133. The fourth-order valence-corrected chi connectivity index (χ4v) is 4.88. The first kappa shape index (κ1) is 23.1. The van der Waals surface area contributed by atoms with Crippen molar-refractivity contribution in [3.63, 3.8) is 0 Å². The van der Waals surface area contributed by atoms with Gasteiger partial charge in [-0.3, -0.25) is 9.48 Å². The average Bonchev–Trinajstić information content (AvgIpc) is 3.34. The van der Waals surface area contributed by atoms with Crippen LogP contribution in [-0.2, 0) is 17.6 Å². The highest BCUT2D eigenvalue weighted by molar-refractivity contribution is 5.81. The van der Waals surface area contributed by atoms with E-state index in [4.69, 9.17) is 14.5 Å². The summed E-state index contributed by atoms with van der Waals surface area (Å²) in [4.78, 5) is 20.9. The largest absolute Gasteiger partial charge is 0.493 e. The quantitative estimate of drug-likeness (QED) is 0.332. The Labute approximate surface area is 213 Å². The van der Waals surface area contributed by atoms with Crippen LogP contribution in [0, 0.1) is 0 Å². The number of aromatic nitrogens is 4. The predicted molar refractivity (Wildman–Crippen MR) is 139 cm³/mol. The van der Waals surface area contributed by atoms with Gasteiger partial charge in [-0.05, 0) is 54.3 Å². The van der Waals surface area contributed by atoms with Crippen molar-refractivity contribution in [3.05, 3.63) is 65.6 Å². The third kappa shape index (κ3) is 4.87. The van der Waals surface area contributed by atoms with Crippen LogP contribution in [0.1, 0.15) is 35.7 Å². The summed E-state index contributed by atoms with van der Waals surface area (Å²) >= 11 is 0. The Kier molecular flexibility index (Phi) is 6.21. The molecule has 0 radical (unpaired) electrons. The molecule has 5 heterocycles. The Bertz CT molecular complexity index is 1450. The summed E-state index contributed by atoms with van der Waals surface area (Å²) in [6, 6.07) is 11.3. The molecular weight excluding hydrogens is 472 g/mol. The summed E-state index contributed by atoms with van der Waals surface area (Å²) in [5, 5.41) is 21.6. The lowest BCUT2D eigenvalue weighted by Gasteiger charge is -2.22. The van der Waals surface area contributed by atoms with Crippen molar-refractivity contribution in [2.75, 3.05) is 36.9 Å². The van der Waals surface area contributed by atoms with E-state index in [9.17, 15) is 9.90 Å². The van der Waals surface area contributed by atoms with Crippen molar-refractivity contribution >= 4 is 28.5 Å². The van der Waals surface area contributed by atoms with E-state index in [1.54, 1.807) is 17.1 Å². The van der Waals surface area contributed by atoms with E-state index < -0.39 is 12.0 Å². The van der Waals surface area contributed by atoms with Crippen molar-refractivity contribution in [1.82, 2.24) is 19.7 Å². The Morgan fingerprint density at radius 3 is 2.97 bits per heavy atom. The number of pyridine rings is 2. The number of carbonyl (C=O) groups is 1. The van der Waals surface area contributed by atoms with E-state index in [2.05, 4.69) is 32.8 Å². The number of aryl methyl sites for hydroxylation is 1. The van der Waals surface area contributed by atoms with Crippen molar-refractivity contribution in [2.45, 2.75) is 31.7 Å². The SMILES string of the molecule is O=C(O)CC(c1cnc2c(c1)OCCN2)n1ncc2cc(OCCc3ccc4c(n3)NCCC4)ccc21. The number of carboxylic acid groups (broad SMARTS) is 1. The van der Waals surface area contributed by atoms with Gasteiger partial charge >= 0.3 is 5.97 Å². The molecular formula is C27H28N6O4. The van der Waals surface area contributed by atoms with E-state index in [-0.39, 0.29) is 6.42 Å². The monoisotopic (exact) mass is 500 g/mol. The molecule has 1 aromatic carbocycles. The normalized spacial score (nSPS) is 15.0. The van der Waals surface area contributed by atoms with Crippen LogP contribution in [0.4, 0.5) is 11.6 Å². The Morgan fingerprint density at radius 2 is 2.05 bits per heavy atom.